The van der Waals surface area contributed by atoms with Crippen LogP contribution in [-0.4, -0.2) is 56.3 Å². The zero-order chi connectivity index (χ0) is 21.2. The van der Waals surface area contributed by atoms with Crippen LogP contribution in [0.3, 0.4) is 0 Å². The summed E-state index contributed by atoms with van der Waals surface area (Å²) in [4.78, 5) is 14.7. The Bertz CT molecular complexity index is 993. The number of halogens is 1. The van der Waals surface area contributed by atoms with Gasteiger partial charge in [0.15, 0.2) is 0 Å². The molecule has 0 radical (unpaired) electrons. The van der Waals surface area contributed by atoms with E-state index in [0.29, 0.717) is 31.2 Å². The number of nitrogens with one attached hydrogen (secondary N) is 1. The summed E-state index contributed by atoms with van der Waals surface area (Å²) in [6.07, 6.45) is 0. The molecule has 1 N–H and O–H groups in total. The first kappa shape index (κ1) is 21.8. The molecule has 0 unspecified atom stereocenters. The van der Waals surface area contributed by atoms with E-state index in [2.05, 4.69) is 5.32 Å². The van der Waals surface area contributed by atoms with Gasteiger partial charge in [-0.1, -0.05) is 35.4 Å². The van der Waals surface area contributed by atoms with Crippen molar-refractivity contribution in [3.8, 4) is 0 Å². The Morgan fingerprint density at radius 3 is 2.24 bits per heavy atom. The zero-order valence-electron chi connectivity index (χ0n) is 16.9. The molecule has 2 aromatic rings. The number of hydrogen-bond donors (Lipinski definition) is 1. The Labute approximate surface area is 177 Å². The number of anilines is 1. The second-order valence-electron chi connectivity index (χ2n) is 7.46. The molecule has 1 amide bonds. The standard InChI is InChI=1S/C21H26ClN3O3S/c1-15-11-16(2)21(17(3)12-15)23-20(26)14-24-7-9-25(10-8-24)29(27,28)19-6-4-5-18(22)13-19/h4-6,11-13H,7-10,14H2,1-3H3,(H,23,26). The molecule has 1 aliphatic rings. The van der Waals surface area contributed by atoms with Gasteiger partial charge in [0.2, 0.25) is 15.9 Å². The molecule has 1 aliphatic heterocycles. The summed E-state index contributed by atoms with van der Waals surface area (Å²) in [5.41, 5.74) is 4.08. The first-order valence-electron chi connectivity index (χ1n) is 9.52. The van der Waals surface area contributed by atoms with Gasteiger partial charge >= 0.3 is 0 Å². The average molecular weight is 436 g/mol. The highest BCUT2D eigenvalue weighted by atomic mass is 35.5. The van der Waals surface area contributed by atoms with Crippen LogP contribution < -0.4 is 5.32 Å². The molecular formula is C21H26ClN3O3S. The molecule has 29 heavy (non-hydrogen) atoms. The number of benzene rings is 2. The maximum Gasteiger partial charge on any atom is 0.243 e. The number of aryl methyl sites for hydroxylation is 3. The number of piperazine rings is 1. The fraction of sp³-hybridized carbons (Fsp3) is 0.381. The highest BCUT2D eigenvalue weighted by Crippen LogP contribution is 2.23. The fourth-order valence-corrected chi connectivity index (χ4v) is 5.39. The van der Waals surface area contributed by atoms with E-state index in [0.717, 1.165) is 22.4 Å². The minimum Gasteiger partial charge on any atom is -0.324 e. The maximum absolute atomic E-state index is 12.8. The van der Waals surface area contributed by atoms with Gasteiger partial charge in [0.1, 0.15) is 0 Å². The summed E-state index contributed by atoms with van der Waals surface area (Å²) in [6, 6.07) is 10.4. The van der Waals surface area contributed by atoms with Crippen LogP contribution in [0.4, 0.5) is 5.69 Å². The Hall–Kier alpha value is -1.93. The topological polar surface area (TPSA) is 69.7 Å². The third kappa shape index (κ3) is 5.17. The molecular weight excluding hydrogens is 410 g/mol. The Kier molecular flexibility index (Phi) is 6.63. The van der Waals surface area contributed by atoms with Crippen LogP contribution in [0.1, 0.15) is 16.7 Å². The van der Waals surface area contributed by atoms with Crippen LogP contribution in [0, 0.1) is 20.8 Å². The van der Waals surface area contributed by atoms with Crippen molar-refractivity contribution in [2.24, 2.45) is 0 Å². The first-order chi connectivity index (χ1) is 13.7. The van der Waals surface area contributed by atoms with Crippen LogP contribution >= 0.6 is 11.6 Å². The van der Waals surface area contributed by atoms with Gasteiger partial charge in [-0.25, -0.2) is 8.42 Å². The van der Waals surface area contributed by atoms with E-state index < -0.39 is 10.0 Å². The molecule has 1 saturated heterocycles. The minimum atomic E-state index is -3.58. The second kappa shape index (κ2) is 8.83. The third-order valence-corrected chi connectivity index (χ3v) is 7.20. The largest absolute Gasteiger partial charge is 0.324 e. The number of hydrogen-bond acceptors (Lipinski definition) is 4. The predicted molar refractivity (Wildman–Crippen MR) is 116 cm³/mol. The van der Waals surface area contributed by atoms with Gasteiger partial charge in [0, 0.05) is 36.9 Å². The SMILES string of the molecule is Cc1cc(C)c(NC(=O)CN2CCN(S(=O)(=O)c3cccc(Cl)c3)CC2)c(C)c1. The van der Waals surface area contributed by atoms with E-state index in [1.165, 1.54) is 10.4 Å². The summed E-state index contributed by atoms with van der Waals surface area (Å²) in [5.74, 6) is -0.0915. The Morgan fingerprint density at radius 2 is 1.66 bits per heavy atom. The molecule has 0 spiro atoms. The van der Waals surface area contributed by atoms with E-state index in [9.17, 15) is 13.2 Å². The molecule has 1 fully saturated rings. The normalized spacial score (nSPS) is 16.0. The van der Waals surface area contributed by atoms with Crippen LogP contribution in [0.5, 0.6) is 0 Å². The van der Waals surface area contributed by atoms with Crippen LogP contribution in [-0.2, 0) is 14.8 Å². The fourth-order valence-electron chi connectivity index (χ4n) is 3.66. The lowest BCUT2D eigenvalue weighted by Gasteiger charge is -2.33. The van der Waals surface area contributed by atoms with Gasteiger partial charge < -0.3 is 5.32 Å². The van der Waals surface area contributed by atoms with E-state index in [1.807, 2.05) is 37.8 Å². The van der Waals surface area contributed by atoms with Crippen molar-refractivity contribution < 1.29 is 13.2 Å². The predicted octanol–water partition coefficient (Wildman–Crippen LogP) is 3.21. The molecule has 156 valence electrons. The number of rotatable bonds is 5. The van der Waals surface area contributed by atoms with Crippen molar-refractivity contribution in [1.29, 1.82) is 0 Å². The van der Waals surface area contributed by atoms with Gasteiger partial charge in [-0.15, -0.1) is 0 Å². The lowest BCUT2D eigenvalue weighted by Crippen LogP contribution is -2.50. The lowest BCUT2D eigenvalue weighted by molar-refractivity contribution is -0.117. The molecule has 0 aromatic heterocycles. The molecule has 3 rings (SSSR count). The highest BCUT2D eigenvalue weighted by molar-refractivity contribution is 7.89. The average Bonchev–Trinajstić information content (AvgIpc) is 2.65. The monoisotopic (exact) mass is 435 g/mol. The van der Waals surface area contributed by atoms with Crippen molar-refractivity contribution in [2.75, 3.05) is 38.0 Å². The minimum absolute atomic E-state index is 0.0915. The van der Waals surface area contributed by atoms with E-state index >= 15 is 0 Å². The summed E-state index contributed by atoms with van der Waals surface area (Å²) in [6.45, 7) is 7.90. The summed E-state index contributed by atoms with van der Waals surface area (Å²) in [5, 5.41) is 3.39. The van der Waals surface area contributed by atoms with E-state index in [4.69, 9.17) is 11.6 Å². The van der Waals surface area contributed by atoms with Gasteiger partial charge in [-0.05, 0) is 50.1 Å². The number of amides is 1. The lowest BCUT2D eigenvalue weighted by atomic mass is 10.1. The molecule has 0 aliphatic carbocycles. The quantitative estimate of drug-likeness (QED) is 0.782. The second-order valence-corrected chi connectivity index (χ2v) is 9.83. The maximum atomic E-state index is 12.8. The highest BCUT2D eigenvalue weighted by Gasteiger charge is 2.29. The summed E-state index contributed by atoms with van der Waals surface area (Å²) in [7, 11) is -3.58. The van der Waals surface area contributed by atoms with Crippen molar-refractivity contribution in [1.82, 2.24) is 9.21 Å². The number of nitrogens with zero attached hydrogens (tertiary/aromatic N) is 2. The Balaban J connectivity index is 1.58. The van der Waals surface area contributed by atoms with E-state index in [-0.39, 0.29) is 17.3 Å². The van der Waals surface area contributed by atoms with Gasteiger partial charge in [0.25, 0.3) is 0 Å². The number of carbonyl (C=O) groups is 1. The first-order valence-corrected chi connectivity index (χ1v) is 11.3. The molecule has 0 bridgehead atoms. The smallest absolute Gasteiger partial charge is 0.243 e. The van der Waals surface area contributed by atoms with Crippen molar-refractivity contribution in [3.05, 3.63) is 58.1 Å². The molecule has 1 heterocycles. The van der Waals surface area contributed by atoms with Crippen LogP contribution in [0.15, 0.2) is 41.3 Å². The van der Waals surface area contributed by atoms with Crippen LogP contribution in [0.25, 0.3) is 0 Å². The molecule has 6 nitrogen and oxygen atoms in total. The number of sulfonamides is 1. The molecule has 8 heteroatoms. The molecule has 0 saturated carbocycles. The number of carbonyl (C=O) groups excluding carboxylic acids is 1. The van der Waals surface area contributed by atoms with Crippen LogP contribution in [0.2, 0.25) is 5.02 Å². The van der Waals surface area contributed by atoms with Gasteiger partial charge in [-0.3, -0.25) is 9.69 Å². The zero-order valence-corrected chi connectivity index (χ0v) is 18.5. The summed E-state index contributed by atoms with van der Waals surface area (Å²) >= 11 is 5.93. The van der Waals surface area contributed by atoms with Gasteiger partial charge in [-0.2, -0.15) is 4.31 Å². The van der Waals surface area contributed by atoms with Crippen molar-refractivity contribution in [2.45, 2.75) is 25.7 Å². The molecule has 0 atom stereocenters. The van der Waals surface area contributed by atoms with Crippen molar-refractivity contribution >= 4 is 33.2 Å². The van der Waals surface area contributed by atoms with E-state index in [1.54, 1.807) is 18.2 Å². The third-order valence-electron chi connectivity index (χ3n) is 5.07. The molecule has 2 aromatic carbocycles. The van der Waals surface area contributed by atoms with Gasteiger partial charge in [0.05, 0.1) is 11.4 Å². The van der Waals surface area contributed by atoms with Crippen molar-refractivity contribution in [3.63, 3.8) is 0 Å². The summed E-state index contributed by atoms with van der Waals surface area (Å²) < 4.78 is 27.0. The Morgan fingerprint density at radius 1 is 1.03 bits per heavy atom.